The highest BCUT2D eigenvalue weighted by molar-refractivity contribution is 4.66. The minimum atomic E-state index is 0.493. The molecular weight excluding hydrogens is 218 g/mol. The van der Waals surface area contributed by atoms with Gasteiger partial charge in [-0.1, -0.05) is 47.5 Å². The van der Waals surface area contributed by atoms with E-state index in [4.69, 9.17) is 0 Å². The molecule has 0 saturated carbocycles. The summed E-state index contributed by atoms with van der Waals surface area (Å²) >= 11 is 0. The summed E-state index contributed by atoms with van der Waals surface area (Å²) in [6.07, 6.45) is 8.20. The predicted octanol–water partition coefficient (Wildman–Crippen LogP) is 5.11. The Labute approximate surface area is 117 Å². The standard InChI is InChI=1S/C17H38N/c1-8-10-14-18(6,7)15-16(11-9-2)12-13-17(3,4)5/h16H,8-15H2,1-7H3/q+1. The molecule has 0 rings (SSSR count). The van der Waals surface area contributed by atoms with Gasteiger partial charge < -0.3 is 4.48 Å². The molecular formula is C17H38N+. The highest BCUT2D eigenvalue weighted by Crippen LogP contribution is 2.27. The van der Waals surface area contributed by atoms with Crippen LogP contribution in [0.4, 0.5) is 0 Å². The van der Waals surface area contributed by atoms with E-state index in [9.17, 15) is 0 Å². The molecule has 0 saturated heterocycles. The molecule has 1 atom stereocenters. The van der Waals surface area contributed by atoms with E-state index in [0.717, 1.165) is 5.92 Å². The van der Waals surface area contributed by atoms with E-state index < -0.39 is 0 Å². The smallest absolute Gasteiger partial charge is 0.0811 e. The second-order valence-corrected chi connectivity index (χ2v) is 7.95. The van der Waals surface area contributed by atoms with Crippen molar-refractivity contribution in [2.24, 2.45) is 11.3 Å². The van der Waals surface area contributed by atoms with Crippen molar-refractivity contribution >= 4 is 0 Å². The Morgan fingerprint density at radius 1 is 0.944 bits per heavy atom. The van der Waals surface area contributed by atoms with Crippen LogP contribution >= 0.6 is 0 Å². The van der Waals surface area contributed by atoms with E-state index in [2.05, 4.69) is 48.7 Å². The van der Waals surface area contributed by atoms with Gasteiger partial charge in [0.25, 0.3) is 0 Å². The van der Waals surface area contributed by atoms with Crippen LogP contribution in [0.25, 0.3) is 0 Å². The number of quaternary nitrogens is 1. The maximum absolute atomic E-state index is 2.41. The Morgan fingerprint density at radius 3 is 2.00 bits per heavy atom. The Balaban J connectivity index is 4.24. The second-order valence-electron chi connectivity index (χ2n) is 7.95. The summed E-state index contributed by atoms with van der Waals surface area (Å²) in [6, 6.07) is 0. The fraction of sp³-hybridized carbons (Fsp3) is 1.00. The molecule has 0 fully saturated rings. The van der Waals surface area contributed by atoms with Crippen LogP contribution in [0.1, 0.15) is 73.1 Å². The van der Waals surface area contributed by atoms with Crippen molar-refractivity contribution in [3.8, 4) is 0 Å². The summed E-state index contributed by atoms with van der Waals surface area (Å²) in [5.74, 6) is 0.918. The second kappa shape index (κ2) is 8.19. The number of hydrogen-bond donors (Lipinski definition) is 0. The van der Waals surface area contributed by atoms with Gasteiger partial charge in [0, 0.05) is 5.92 Å². The van der Waals surface area contributed by atoms with Gasteiger partial charge in [-0.25, -0.2) is 0 Å². The Morgan fingerprint density at radius 2 is 1.56 bits per heavy atom. The van der Waals surface area contributed by atoms with Crippen molar-refractivity contribution in [2.75, 3.05) is 27.2 Å². The molecule has 1 unspecified atom stereocenters. The molecule has 0 radical (unpaired) electrons. The summed E-state index contributed by atoms with van der Waals surface area (Å²) in [6.45, 7) is 14.4. The Bertz CT molecular complexity index is 200. The third kappa shape index (κ3) is 9.94. The van der Waals surface area contributed by atoms with E-state index in [-0.39, 0.29) is 0 Å². The first kappa shape index (κ1) is 18.0. The van der Waals surface area contributed by atoms with Crippen LogP contribution < -0.4 is 0 Å². The fourth-order valence-corrected chi connectivity index (χ4v) is 2.75. The van der Waals surface area contributed by atoms with Gasteiger partial charge in [-0.3, -0.25) is 0 Å². The van der Waals surface area contributed by atoms with Gasteiger partial charge in [-0.2, -0.15) is 0 Å². The van der Waals surface area contributed by atoms with E-state index in [1.807, 2.05) is 0 Å². The number of hydrogen-bond acceptors (Lipinski definition) is 0. The third-order valence-corrected chi connectivity index (χ3v) is 3.87. The lowest BCUT2D eigenvalue weighted by atomic mass is 9.85. The maximum Gasteiger partial charge on any atom is 0.0811 e. The fourth-order valence-electron chi connectivity index (χ4n) is 2.75. The first-order valence-corrected chi connectivity index (χ1v) is 8.02. The van der Waals surface area contributed by atoms with Gasteiger partial charge in [0.05, 0.1) is 27.2 Å². The average Bonchev–Trinajstić information content (AvgIpc) is 2.22. The summed E-state index contributed by atoms with van der Waals surface area (Å²) in [5.41, 5.74) is 0.493. The molecule has 0 N–H and O–H groups in total. The Kier molecular flexibility index (Phi) is 8.18. The number of rotatable bonds is 9. The quantitative estimate of drug-likeness (QED) is 0.503. The highest BCUT2D eigenvalue weighted by atomic mass is 15.3. The summed E-state index contributed by atoms with van der Waals surface area (Å²) < 4.78 is 1.21. The van der Waals surface area contributed by atoms with Gasteiger partial charge in [0.2, 0.25) is 0 Å². The van der Waals surface area contributed by atoms with E-state index >= 15 is 0 Å². The minimum Gasteiger partial charge on any atom is -0.328 e. The van der Waals surface area contributed by atoms with Crippen LogP contribution in [0.3, 0.4) is 0 Å². The topological polar surface area (TPSA) is 0 Å². The van der Waals surface area contributed by atoms with Crippen molar-refractivity contribution in [1.29, 1.82) is 0 Å². The molecule has 0 spiro atoms. The van der Waals surface area contributed by atoms with Crippen molar-refractivity contribution in [1.82, 2.24) is 0 Å². The predicted molar refractivity (Wildman–Crippen MR) is 83.8 cm³/mol. The lowest BCUT2D eigenvalue weighted by Gasteiger charge is -2.34. The molecule has 0 aromatic carbocycles. The lowest BCUT2D eigenvalue weighted by Crippen LogP contribution is -2.44. The molecule has 0 aliphatic carbocycles. The molecule has 0 bridgehead atoms. The van der Waals surface area contributed by atoms with Crippen LogP contribution in [0, 0.1) is 11.3 Å². The average molecular weight is 256 g/mol. The first-order valence-electron chi connectivity index (χ1n) is 8.02. The van der Waals surface area contributed by atoms with Crippen LogP contribution in [0.2, 0.25) is 0 Å². The van der Waals surface area contributed by atoms with Crippen molar-refractivity contribution < 1.29 is 4.48 Å². The molecule has 1 heteroatoms. The van der Waals surface area contributed by atoms with Crippen LogP contribution in [-0.2, 0) is 0 Å². The Hall–Kier alpha value is -0.0400. The molecule has 1 nitrogen and oxygen atoms in total. The normalized spacial score (nSPS) is 14.8. The summed E-state index contributed by atoms with van der Waals surface area (Å²) in [7, 11) is 4.82. The summed E-state index contributed by atoms with van der Waals surface area (Å²) in [5, 5.41) is 0. The molecule has 0 aromatic rings. The highest BCUT2D eigenvalue weighted by Gasteiger charge is 2.22. The van der Waals surface area contributed by atoms with Gasteiger partial charge in [0.1, 0.15) is 0 Å². The van der Waals surface area contributed by atoms with Crippen LogP contribution in [0.5, 0.6) is 0 Å². The van der Waals surface area contributed by atoms with E-state index in [1.54, 1.807) is 0 Å². The van der Waals surface area contributed by atoms with Crippen molar-refractivity contribution in [3.05, 3.63) is 0 Å². The van der Waals surface area contributed by atoms with Crippen LogP contribution in [0.15, 0.2) is 0 Å². The van der Waals surface area contributed by atoms with Gasteiger partial charge in [-0.15, -0.1) is 0 Å². The molecule has 0 aliphatic rings. The van der Waals surface area contributed by atoms with Gasteiger partial charge in [0.15, 0.2) is 0 Å². The zero-order valence-electron chi connectivity index (χ0n) is 14.2. The zero-order chi connectivity index (χ0) is 14.2. The molecule has 0 heterocycles. The summed E-state index contributed by atoms with van der Waals surface area (Å²) in [4.78, 5) is 0. The maximum atomic E-state index is 2.41. The SMILES string of the molecule is CCCC[N+](C)(C)CC(CCC)CCC(C)(C)C. The number of unbranched alkanes of at least 4 members (excludes halogenated alkanes) is 1. The lowest BCUT2D eigenvalue weighted by molar-refractivity contribution is -0.894. The van der Waals surface area contributed by atoms with E-state index in [0.29, 0.717) is 5.41 Å². The van der Waals surface area contributed by atoms with Gasteiger partial charge in [-0.05, 0) is 31.1 Å². The van der Waals surface area contributed by atoms with Crippen molar-refractivity contribution in [2.45, 2.75) is 73.1 Å². The molecule has 0 aromatic heterocycles. The third-order valence-electron chi connectivity index (χ3n) is 3.87. The number of nitrogens with zero attached hydrogens (tertiary/aromatic N) is 1. The minimum absolute atomic E-state index is 0.493. The zero-order valence-corrected chi connectivity index (χ0v) is 14.2. The van der Waals surface area contributed by atoms with Gasteiger partial charge >= 0.3 is 0 Å². The molecule has 110 valence electrons. The van der Waals surface area contributed by atoms with Crippen molar-refractivity contribution in [3.63, 3.8) is 0 Å². The monoisotopic (exact) mass is 256 g/mol. The molecule has 18 heavy (non-hydrogen) atoms. The largest absolute Gasteiger partial charge is 0.328 e. The van der Waals surface area contributed by atoms with E-state index in [1.165, 1.54) is 56.1 Å². The molecule has 0 amide bonds. The first-order chi connectivity index (χ1) is 8.20. The van der Waals surface area contributed by atoms with Crippen LogP contribution in [-0.4, -0.2) is 31.7 Å². The molecule has 0 aliphatic heterocycles.